The molecule has 0 radical (unpaired) electrons. The number of fused-ring (bicyclic) bond motifs is 1. The number of Topliss-reactive ketones (excluding diaryl/α,β-unsaturated/α-hetero) is 1. The minimum absolute atomic E-state index is 0.0426. The molecule has 1 amide bonds. The maximum atomic E-state index is 13.5. The molecule has 0 saturated carbocycles. The van der Waals surface area contributed by atoms with Crippen LogP contribution in [0.4, 0.5) is 0 Å². The molecule has 1 aromatic heterocycles. The van der Waals surface area contributed by atoms with E-state index in [1.54, 1.807) is 30.2 Å². The summed E-state index contributed by atoms with van der Waals surface area (Å²) in [5, 5.41) is 11.6. The maximum absolute atomic E-state index is 13.5. The minimum atomic E-state index is -0.780. The molecular formula is C32H38N3O6+. The van der Waals surface area contributed by atoms with Crippen LogP contribution in [0, 0.1) is 0 Å². The average molecular weight is 561 g/mol. The quantitative estimate of drug-likeness (QED) is 0.109. The summed E-state index contributed by atoms with van der Waals surface area (Å²) in [6.07, 6.45) is 10.1. The van der Waals surface area contributed by atoms with Crippen molar-refractivity contribution < 1.29 is 33.5 Å². The van der Waals surface area contributed by atoms with Crippen LogP contribution < -0.4 is 18.8 Å². The second-order valence-corrected chi connectivity index (χ2v) is 10.6. The van der Waals surface area contributed by atoms with E-state index in [2.05, 4.69) is 11.9 Å². The van der Waals surface area contributed by atoms with Crippen LogP contribution in [0.15, 0.2) is 60.7 Å². The number of imidazole rings is 1. The van der Waals surface area contributed by atoms with E-state index >= 15 is 0 Å². The molecule has 9 heteroatoms. The van der Waals surface area contributed by atoms with Gasteiger partial charge in [0.15, 0.2) is 11.5 Å². The number of aliphatic hydroxyl groups is 1. The van der Waals surface area contributed by atoms with E-state index in [1.807, 2.05) is 48.4 Å². The van der Waals surface area contributed by atoms with E-state index in [0.29, 0.717) is 55.2 Å². The summed E-state index contributed by atoms with van der Waals surface area (Å²) in [7, 11) is 1.57. The van der Waals surface area contributed by atoms with Crippen molar-refractivity contribution in [3.8, 4) is 17.2 Å². The van der Waals surface area contributed by atoms with E-state index in [1.165, 1.54) is 0 Å². The van der Waals surface area contributed by atoms with Crippen LogP contribution in [0.5, 0.6) is 17.2 Å². The number of H-pyrrole nitrogens is 1. The van der Waals surface area contributed by atoms with Gasteiger partial charge in [-0.3, -0.25) is 14.6 Å². The van der Waals surface area contributed by atoms with Crippen molar-refractivity contribution in [1.29, 1.82) is 0 Å². The van der Waals surface area contributed by atoms with Crippen molar-refractivity contribution in [2.75, 3.05) is 20.3 Å². The van der Waals surface area contributed by atoms with Crippen LogP contribution >= 0.6 is 0 Å². The van der Waals surface area contributed by atoms with E-state index in [0.717, 1.165) is 30.6 Å². The van der Waals surface area contributed by atoms with Gasteiger partial charge in [0, 0.05) is 24.9 Å². The lowest BCUT2D eigenvalue weighted by Crippen LogP contribution is -2.36. The summed E-state index contributed by atoms with van der Waals surface area (Å²) >= 11 is 0. The fourth-order valence-electron chi connectivity index (χ4n) is 5.57. The Balaban J connectivity index is 1.51. The molecule has 3 aromatic rings. The van der Waals surface area contributed by atoms with E-state index in [9.17, 15) is 14.7 Å². The third-order valence-corrected chi connectivity index (χ3v) is 7.64. The first kappa shape index (κ1) is 28.3. The van der Waals surface area contributed by atoms with E-state index in [4.69, 9.17) is 14.2 Å². The van der Waals surface area contributed by atoms with Gasteiger partial charge in [-0.2, -0.15) is 0 Å². The van der Waals surface area contributed by atoms with Crippen molar-refractivity contribution in [3.63, 3.8) is 0 Å². The molecule has 41 heavy (non-hydrogen) atoms. The number of ketones is 1. The van der Waals surface area contributed by atoms with Gasteiger partial charge in [0.25, 0.3) is 11.7 Å². The number of nitrogens with one attached hydrogen (secondary N) is 1. The lowest BCUT2D eigenvalue weighted by molar-refractivity contribution is -0.695. The fourth-order valence-corrected chi connectivity index (χ4v) is 5.57. The number of nitrogens with zero attached hydrogens (tertiary/aromatic N) is 2. The van der Waals surface area contributed by atoms with Crippen LogP contribution in [0.3, 0.4) is 0 Å². The molecule has 3 heterocycles. The third kappa shape index (κ3) is 5.94. The van der Waals surface area contributed by atoms with Crippen molar-refractivity contribution in [3.05, 3.63) is 77.4 Å². The Hall–Kier alpha value is -4.27. The van der Waals surface area contributed by atoms with Gasteiger partial charge < -0.3 is 24.2 Å². The molecule has 1 fully saturated rings. The number of unbranched alkanes of at least 4 members (excludes halogenated alkanes) is 2. The third-order valence-electron chi connectivity index (χ3n) is 7.64. The molecule has 0 bridgehead atoms. The van der Waals surface area contributed by atoms with Gasteiger partial charge in [-0.1, -0.05) is 25.8 Å². The zero-order valence-corrected chi connectivity index (χ0v) is 23.9. The summed E-state index contributed by atoms with van der Waals surface area (Å²) in [5.41, 5.74) is 2.17. The van der Waals surface area contributed by atoms with Gasteiger partial charge in [0.1, 0.15) is 30.0 Å². The second-order valence-electron chi connectivity index (χ2n) is 10.6. The summed E-state index contributed by atoms with van der Waals surface area (Å²) < 4.78 is 19.4. The Bertz CT molecular complexity index is 1430. The highest BCUT2D eigenvalue weighted by molar-refractivity contribution is 6.46. The number of methoxy groups -OCH3 is 1. The van der Waals surface area contributed by atoms with E-state index < -0.39 is 17.7 Å². The first-order valence-corrected chi connectivity index (χ1v) is 14.3. The molecule has 2 N–H and O–H groups in total. The number of aromatic nitrogens is 2. The lowest BCUT2D eigenvalue weighted by atomic mass is 9.94. The minimum Gasteiger partial charge on any atom is -0.507 e. The summed E-state index contributed by atoms with van der Waals surface area (Å²) in [5.74, 6) is 0.347. The first-order valence-electron chi connectivity index (χ1n) is 14.3. The number of benzene rings is 2. The average Bonchev–Trinajstić information content (AvgIpc) is 3.69. The standard InChI is InChI=1S/C32H37N3O6/c1-4-5-6-16-40-26-11-8-22(19-27(26)39-3)29-28(30(36)23-9-10-25-24(18-23)17-21(2)41-25)31(37)32(38)35(29)14-7-13-34-15-12-33-20-34/h8-12,15,18-21,29H,4-7,13-14,16-17H2,1-3H3,(H,36,37)/p+1. The Morgan fingerprint density at radius 1 is 1.15 bits per heavy atom. The topological polar surface area (TPSA) is 105 Å². The van der Waals surface area contributed by atoms with Crippen molar-refractivity contribution in [1.82, 2.24) is 9.88 Å². The Kier molecular flexibility index (Phi) is 8.61. The monoisotopic (exact) mass is 560 g/mol. The van der Waals surface area contributed by atoms with Gasteiger partial charge >= 0.3 is 0 Å². The highest BCUT2D eigenvalue weighted by atomic mass is 16.5. The molecule has 2 aromatic carbocycles. The Morgan fingerprint density at radius 3 is 2.76 bits per heavy atom. The number of likely N-dealkylation sites (tertiary alicyclic amines) is 1. The van der Waals surface area contributed by atoms with Gasteiger partial charge in [0.2, 0.25) is 6.33 Å². The molecule has 1 saturated heterocycles. The van der Waals surface area contributed by atoms with Crippen LogP contribution in [-0.4, -0.2) is 53.0 Å². The molecular weight excluding hydrogens is 522 g/mol. The maximum Gasteiger partial charge on any atom is 0.295 e. The largest absolute Gasteiger partial charge is 0.507 e. The normalized spacial score (nSPS) is 19.3. The van der Waals surface area contributed by atoms with Crippen LogP contribution in [0.25, 0.3) is 5.76 Å². The number of aliphatic hydroxyl groups excluding tert-OH is 1. The number of ether oxygens (including phenoxy) is 3. The van der Waals surface area contributed by atoms with Gasteiger partial charge in [-0.05, 0) is 54.8 Å². The number of aryl methyl sites for hydroxylation is 1. The Morgan fingerprint density at radius 2 is 2.00 bits per heavy atom. The summed E-state index contributed by atoms with van der Waals surface area (Å²) in [4.78, 5) is 31.5. The summed E-state index contributed by atoms with van der Waals surface area (Å²) in [6.45, 7) is 5.69. The molecule has 9 nitrogen and oxygen atoms in total. The zero-order valence-electron chi connectivity index (χ0n) is 23.9. The highest BCUT2D eigenvalue weighted by Crippen LogP contribution is 2.43. The number of rotatable bonds is 12. The first-order chi connectivity index (χ1) is 19.9. The fraction of sp³-hybridized carbons (Fsp3) is 0.406. The highest BCUT2D eigenvalue weighted by Gasteiger charge is 2.46. The second kappa shape index (κ2) is 12.5. The molecule has 2 aliphatic heterocycles. The molecule has 0 aliphatic carbocycles. The van der Waals surface area contributed by atoms with Crippen LogP contribution in [-0.2, 0) is 22.6 Å². The number of carbonyl (C=O) groups is 2. The van der Waals surface area contributed by atoms with Crippen LogP contribution in [0.1, 0.15) is 62.3 Å². The van der Waals surface area contributed by atoms with Crippen molar-refractivity contribution >= 4 is 17.4 Å². The van der Waals surface area contributed by atoms with Crippen molar-refractivity contribution in [2.45, 2.75) is 64.6 Å². The van der Waals surface area contributed by atoms with Gasteiger partial charge in [-0.25, -0.2) is 4.57 Å². The predicted octanol–water partition coefficient (Wildman–Crippen LogP) is 4.72. The molecule has 2 unspecified atom stereocenters. The number of amides is 1. The summed E-state index contributed by atoms with van der Waals surface area (Å²) in [6, 6.07) is 10.0. The van der Waals surface area contributed by atoms with Crippen LogP contribution in [0.2, 0.25) is 0 Å². The van der Waals surface area contributed by atoms with Gasteiger partial charge in [0.05, 0.1) is 31.9 Å². The number of hydrogen-bond acceptors (Lipinski definition) is 6. The molecule has 5 rings (SSSR count). The SMILES string of the molecule is CCCCCOc1ccc(C2C(=C(O)c3ccc4c(c3)CC(C)O4)C(=O)C(=O)N2CCC[n+]2cc[nH]c2)cc1OC. The number of carbonyl (C=O) groups excluding carboxylic acids is 2. The number of aromatic amines is 1. The molecule has 216 valence electrons. The molecule has 2 aliphatic rings. The molecule has 2 atom stereocenters. The van der Waals surface area contributed by atoms with Crippen molar-refractivity contribution in [2.24, 2.45) is 0 Å². The molecule has 0 spiro atoms. The predicted molar refractivity (Wildman–Crippen MR) is 153 cm³/mol. The Labute approximate surface area is 240 Å². The van der Waals surface area contributed by atoms with Gasteiger partial charge in [-0.15, -0.1) is 0 Å². The number of hydrogen-bond donors (Lipinski definition) is 2. The van der Waals surface area contributed by atoms with E-state index in [-0.39, 0.29) is 17.4 Å². The lowest BCUT2D eigenvalue weighted by Gasteiger charge is -2.26. The zero-order chi connectivity index (χ0) is 28.9. The smallest absolute Gasteiger partial charge is 0.295 e.